The summed E-state index contributed by atoms with van der Waals surface area (Å²) in [5, 5.41) is 5.43. The van der Waals surface area contributed by atoms with Crippen LogP contribution in [0.5, 0.6) is 5.88 Å². The van der Waals surface area contributed by atoms with E-state index in [1.807, 2.05) is 0 Å². The molecule has 0 spiro atoms. The minimum atomic E-state index is -4.55. The maximum Gasteiger partial charge on any atom is 0.406 e. The fraction of sp³-hybridized carbons (Fsp3) is 0.417. The zero-order chi connectivity index (χ0) is 16.5. The van der Waals surface area contributed by atoms with Gasteiger partial charge in [-0.25, -0.2) is 4.98 Å². The lowest BCUT2D eigenvalue weighted by Crippen LogP contribution is -2.39. The van der Waals surface area contributed by atoms with E-state index >= 15 is 0 Å². The lowest BCUT2D eigenvalue weighted by atomic mass is 10.3. The van der Waals surface area contributed by atoms with Crippen molar-refractivity contribution in [2.24, 2.45) is 7.05 Å². The first kappa shape index (κ1) is 16.3. The highest BCUT2D eigenvalue weighted by Gasteiger charge is 2.36. The minimum absolute atomic E-state index is 0.0225. The summed E-state index contributed by atoms with van der Waals surface area (Å²) >= 11 is 0.968. The van der Waals surface area contributed by atoms with Crippen molar-refractivity contribution >= 4 is 22.4 Å². The van der Waals surface area contributed by atoms with Crippen molar-refractivity contribution in [1.82, 2.24) is 14.8 Å². The SMILES string of the molecule is COc1nn(C)cc1C(=O)N(CC(F)(F)F)c1nc(C)cs1. The molecule has 0 saturated carbocycles. The predicted octanol–water partition coefficient (Wildman–Crippen LogP) is 2.40. The van der Waals surface area contributed by atoms with E-state index in [1.54, 1.807) is 19.4 Å². The van der Waals surface area contributed by atoms with Gasteiger partial charge < -0.3 is 4.74 Å². The van der Waals surface area contributed by atoms with E-state index < -0.39 is 18.6 Å². The van der Waals surface area contributed by atoms with E-state index in [4.69, 9.17) is 4.74 Å². The summed E-state index contributed by atoms with van der Waals surface area (Å²) < 4.78 is 44.6. The summed E-state index contributed by atoms with van der Waals surface area (Å²) in [6.45, 7) is 0.206. The predicted molar refractivity (Wildman–Crippen MR) is 74.3 cm³/mol. The van der Waals surface area contributed by atoms with Crippen LogP contribution in [0.1, 0.15) is 16.1 Å². The van der Waals surface area contributed by atoms with Gasteiger partial charge in [-0.2, -0.15) is 13.2 Å². The molecule has 0 saturated heterocycles. The summed E-state index contributed by atoms with van der Waals surface area (Å²) in [7, 11) is 2.84. The van der Waals surface area contributed by atoms with Gasteiger partial charge in [0.2, 0.25) is 5.88 Å². The molecule has 1 amide bonds. The number of hydrogen-bond donors (Lipinski definition) is 0. The Labute approximate surface area is 128 Å². The van der Waals surface area contributed by atoms with Gasteiger partial charge in [0.15, 0.2) is 5.13 Å². The second-order valence-corrected chi connectivity index (χ2v) is 5.34. The number of alkyl halides is 3. The van der Waals surface area contributed by atoms with Gasteiger partial charge in [0.1, 0.15) is 12.1 Å². The molecule has 2 heterocycles. The van der Waals surface area contributed by atoms with Gasteiger partial charge in [0.05, 0.1) is 12.8 Å². The maximum atomic E-state index is 12.8. The number of methoxy groups -OCH3 is 1. The highest BCUT2D eigenvalue weighted by Crippen LogP contribution is 2.28. The maximum absolute atomic E-state index is 12.8. The molecule has 6 nitrogen and oxygen atoms in total. The van der Waals surface area contributed by atoms with E-state index in [0.29, 0.717) is 10.6 Å². The van der Waals surface area contributed by atoms with Gasteiger partial charge >= 0.3 is 6.18 Å². The van der Waals surface area contributed by atoms with Crippen LogP contribution in [-0.2, 0) is 7.05 Å². The van der Waals surface area contributed by atoms with Gasteiger partial charge in [-0.05, 0) is 6.92 Å². The molecule has 0 aliphatic carbocycles. The fourth-order valence-corrected chi connectivity index (χ4v) is 2.58. The van der Waals surface area contributed by atoms with Crippen molar-refractivity contribution in [1.29, 1.82) is 0 Å². The number of halogens is 3. The average Bonchev–Trinajstić information content (AvgIpc) is 3.00. The number of rotatable bonds is 4. The van der Waals surface area contributed by atoms with E-state index in [-0.39, 0.29) is 16.6 Å². The summed E-state index contributed by atoms with van der Waals surface area (Å²) in [5.74, 6) is -0.899. The van der Waals surface area contributed by atoms with E-state index in [2.05, 4.69) is 10.1 Å². The molecule has 0 fully saturated rings. The molecular weight excluding hydrogens is 321 g/mol. The van der Waals surface area contributed by atoms with Crippen LogP contribution < -0.4 is 9.64 Å². The number of nitrogens with zero attached hydrogens (tertiary/aromatic N) is 4. The van der Waals surface area contributed by atoms with Crippen molar-refractivity contribution in [2.45, 2.75) is 13.1 Å². The van der Waals surface area contributed by atoms with Gasteiger partial charge in [-0.3, -0.25) is 14.4 Å². The second-order valence-electron chi connectivity index (χ2n) is 4.50. The molecule has 0 aliphatic heterocycles. The van der Waals surface area contributed by atoms with Crippen molar-refractivity contribution in [3.8, 4) is 5.88 Å². The van der Waals surface area contributed by atoms with Crippen LogP contribution in [-0.4, -0.2) is 40.5 Å². The van der Waals surface area contributed by atoms with E-state index in [9.17, 15) is 18.0 Å². The molecule has 22 heavy (non-hydrogen) atoms. The molecule has 0 aromatic carbocycles. The van der Waals surface area contributed by atoms with Crippen LogP contribution in [0.15, 0.2) is 11.6 Å². The normalized spacial score (nSPS) is 11.5. The number of carbonyl (C=O) groups is 1. The van der Waals surface area contributed by atoms with Gasteiger partial charge in [0.25, 0.3) is 5.91 Å². The Kier molecular flexibility index (Phi) is 4.40. The Balaban J connectivity index is 2.41. The highest BCUT2D eigenvalue weighted by molar-refractivity contribution is 7.14. The number of carbonyl (C=O) groups excluding carboxylic acids is 1. The molecule has 0 aliphatic rings. The quantitative estimate of drug-likeness (QED) is 0.861. The van der Waals surface area contributed by atoms with E-state index in [0.717, 1.165) is 11.3 Å². The number of thiazole rings is 1. The Morgan fingerprint density at radius 3 is 2.68 bits per heavy atom. The highest BCUT2D eigenvalue weighted by atomic mass is 32.1. The topological polar surface area (TPSA) is 60.3 Å². The first-order valence-corrected chi connectivity index (χ1v) is 6.97. The summed E-state index contributed by atoms with van der Waals surface area (Å²) in [6, 6.07) is 0. The Morgan fingerprint density at radius 1 is 1.50 bits per heavy atom. The molecular formula is C12H13F3N4O2S. The van der Waals surface area contributed by atoms with Crippen molar-refractivity contribution < 1.29 is 22.7 Å². The molecule has 2 aromatic heterocycles. The number of amides is 1. The van der Waals surface area contributed by atoms with E-state index in [1.165, 1.54) is 18.0 Å². The summed E-state index contributed by atoms with van der Waals surface area (Å²) in [6.07, 6.45) is -3.24. The average molecular weight is 334 g/mol. The number of aromatic nitrogens is 3. The third-order valence-corrected chi connectivity index (χ3v) is 3.62. The number of ether oxygens (including phenoxy) is 1. The van der Waals surface area contributed by atoms with Crippen molar-refractivity contribution in [2.75, 3.05) is 18.6 Å². The number of aryl methyl sites for hydroxylation is 2. The standard InChI is InChI=1S/C12H13F3N4O2S/c1-7-5-22-11(16-7)19(6-12(13,14)15)10(20)8-4-18(2)17-9(8)21-3/h4-5H,6H2,1-3H3. The van der Waals surface area contributed by atoms with Gasteiger partial charge in [-0.15, -0.1) is 16.4 Å². The van der Waals surface area contributed by atoms with Crippen molar-refractivity contribution in [3.63, 3.8) is 0 Å². The first-order valence-electron chi connectivity index (χ1n) is 6.09. The van der Waals surface area contributed by atoms with Crippen LogP contribution in [0.2, 0.25) is 0 Å². The molecule has 2 rings (SSSR count). The number of hydrogen-bond acceptors (Lipinski definition) is 5. The zero-order valence-electron chi connectivity index (χ0n) is 12.0. The van der Waals surface area contributed by atoms with Crippen LogP contribution in [0.4, 0.5) is 18.3 Å². The summed E-state index contributed by atoms with van der Waals surface area (Å²) in [4.78, 5) is 17.0. The Bertz CT molecular complexity index is 680. The van der Waals surface area contributed by atoms with Gasteiger partial charge in [-0.1, -0.05) is 0 Å². The van der Waals surface area contributed by atoms with Crippen molar-refractivity contribution in [3.05, 3.63) is 22.8 Å². The largest absolute Gasteiger partial charge is 0.479 e. The third-order valence-electron chi connectivity index (χ3n) is 2.64. The molecule has 0 bridgehead atoms. The molecule has 2 aromatic rings. The van der Waals surface area contributed by atoms with Crippen LogP contribution in [0.3, 0.4) is 0 Å². The van der Waals surface area contributed by atoms with Crippen LogP contribution in [0, 0.1) is 6.92 Å². The molecule has 120 valence electrons. The monoisotopic (exact) mass is 334 g/mol. The first-order chi connectivity index (χ1) is 10.2. The lowest BCUT2D eigenvalue weighted by molar-refractivity contribution is -0.118. The number of anilines is 1. The molecule has 0 unspecified atom stereocenters. The van der Waals surface area contributed by atoms with Gasteiger partial charge in [0, 0.05) is 18.6 Å². The molecule has 0 N–H and O–H groups in total. The molecule has 10 heteroatoms. The Hall–Kier alpha value is -2.10. The van der Waals surface area contributed by atoms with Crippen LogP contribution >= 0.6 is 11.3 Å². The lowest BCUT2D eigenvalue weighted by Gasteiger charge is -2.21. The zero-order valence-corrected chi connectivity index (χ0v) is 12.8. The molecule has 0 radical (unpaired) electrons. The second kappa shape index (κ2) is 5.95. The summed E-state index contributed by atoms with van der Waals surface area (Å²) in [5.41, 5.74) is 0.486. The third kappa shape index (κ3) is 3.56. The smallest absolute Gasteiger partial charge is 0.406 e. The molecule has 0 atom stereocenters. The van der Waals surface area contributed by atoms with Crippen LogP contribution in [0.25, 0.3) is 0 Å². The fourth-order valence-electron chi connectivity index (χ4n) is 1.78. The minimum Gasteiger partial charge on any atom is -0.479 e. The Morgan fingerprint density at radius 2 is 2.18 bits per heavy atom.